The summed E-state index contributed by atoms with van der Waals surface area (Å²) in [5, 5.41) is 0. The van der Waals surface area contributed by atoms with Crippen LogP contribution in [0, 0.1) is 0 Å². The van der Waals surface area contributed by atoms with Gasteiger partial charge < -0.3 is 14.2 Å². The van der Waals surface area contributed by atoms with Crippen LogP contribution in [0.1, 0.15) is 406 Å². The molecule has 0 radical (unpaired) electrons. The van der Waals surface area contributed by atoms with Crippen molar-refractivity contribution in [1.82, 2.24) is 0 Å². The third-order valence-electron chi connectivity index (χ3n) is 16.5. The minimum Gasteiger partial charge on any atom is -0.462 e. The lowest BCUT2D eigenvalue weighted by Gasteiger charge is -2.18. The molecule has 0 amide bonds. The Balaban J connectivity index is 4.17. The summed E-state index contributed by atoms with van der Waals surface area (Å²) in [6, 6.07) is 0. The molecular weight excluding hydrogens is 973 g/mol. The van der Waals surface area contributed by atoms with E-state index in [0.717, 1.165) is 64.2 Å². The van der Waals surface area contributed by atoms with Crippen LogP contribution in [0.4, 0.5) is 0 Å². The van der Waals surface area contributed by atoms with E-state index in [2.05, 4.69) is 45.1 Å². The van der Waals surface area contributed by atoms with Crippen molar-refractivity contribution in [1.29, 1.82) is 0 Å². The molecular formula is C73H138O6. The number of rotatable bonds is 67. The van der Waals surface area contributed by atoms with Crippen LogP contribution in [-0.4, -0.2) is 37.2 Å². The fourth-order valence-corrected chi connectivity index (χ4v) is 11.1. The fraction of sp³-hybridized carbons (Fsp3) is 0.904. The van der Waals surface area contributed by atoms with Crippen LogP contribution in [-0.2, 0) is 28.6 Å². The molecule has 1 unspecified atom stereocenters. The highest BCUT2D eigenvalue weighted by Gasteiger charge is 2.19. The number of allylic oxidation sites excluding steroid dienone is 4. The van der Waals surface area contributed by atoms with Gasteiger partial charge in [0.25, 0.3) is 0 Å². The van der Waals surface area contributed by atoms with Gasteiger partial charge in [-0.3, -0.25) is 14.4 Å². The molecule has 0 aromatic heterocycles. The SMILES string of the molecule is CCCCCCC/C=C\C/C=C\CCCCCCCCCCCC(=O)OC(COC(=O)CCCCCCCCCCCCCC)COC(=O)CCCCCCCCCCCCCCCCCCCCCCCCCCCCCC. The molecule has 0 rings (SSSR count). The van der Waals surface area contributed by atoms with Gasteiger partial charge in [-0.05, 0) is 51.4 Å². The number of ether oxygens (including phenoxy) is 3. The monoisotopic (exact) mass is 1110 g/mol. The van der Waals surface area contributed by atoms with Gasteiger partial charge in [-0.2, -0.15) is 0 Å². The summed E-state index contributed by atoms with van der Waals surface area (Å²) >= 11 is 0. The van der Waals surface area contributed by atoms with Crippen molar-refractivity contribution in [2.24, 2.45) is 0 Å². The zero-order valence-corrected chi connectivity index (χ0v) is 53.7. The van der Waals surface area contributed by atoms with Gasteiger partial charge in [-0.1, -0.05) is 360 Å². The van der Waals surface area contributed by atoms with E-state index in [-0.39, 0.29) is 31.1 Å². The number of carbonyl (C=O) groups is 3. The summed E-state index contributed by atoms with van der Waals surface area (Å²) in [7, 11) is 0. The summed E-state index contributed by atoms with van der Waals surface area (Å²) in [6.45, 7) is 6.70. The van der Waals surface area contributed by atoms with E-state index < -0.39 is 6.10 Å². The van der Waals surface area contributed by atoms with E-state index >= 15 is 0 Å². The number of hydrogen-bond donors (Lipinski definition) is 0. The maximum atomic E-state index is 12.9. The Morgan fingerprint density at radius 3 is 0.696 bits per heavy atom. The molecule has 466 valence electrons. The molecule has 0 saturated carbocycles. The van der Waals surface area contributed by atoms with Crippen molar-refractivity contribution < 1.29 is 28.6 Å². The van der Waals surface area contributed by atoms with E-state index in [1.807, 2.05) is 0 Å². The zero-order valence-electron chi connectivity index (χ0n) is 53.7. The van der Waals surface area contributed by atoms with E-state index in [0.29, 0.717) is 19.3 Å². The predicted octanol–water partition coefficient (Wildman–Crippen LogP) is 24.6. The first kappa shape index (κ1) is 76.9. The molecule has 0 spiro atoms. The highest BCUT2D eigenvalue weighted by atomic mass is 16.6. The summed E-state index contributed by atoms with van der Waals surface area (Å²) < 4.78 is 17.0. The maximum Gasteiger partial charge on any atom is 0.306 e. The van der Waals surface area contributed by atoms with E-state index in [9.17, 15) is 14.4 Å². The third kappa shape index (κ3) is 66.6. The normalized spacial score (nSPS) is 12.1. The van der Waals surface area contributed by atoms with Crippen molar-refractivity contribution in [3.63, 3.8) is 0 Å². The Labute approximate surface area is 493 Å². The molecule has 1 atom stereocenters. The van der Waals surface area contributed by atoms with E-state index in [1.54, 1.807) is 0 Å². The molecule has 6 heteroatoms. The molecule has 0 aromatic carbocycles. The topological polar surface area (TPSA) is 78.9 Å². The van der Waals surface area contributed by atoms with Crippen molar-refractivity contribution in [3.05, 3.63) is 24.3 Å². The Morgan fingerprint density at radius 2 is 0.456 bits per heavy atom. The second-order valence-electron chi connectivity index (χ2n) is 24.5. The van der Waals surface area contributed by atoms with Gasteiger partial charge in [0, 0.05) is 19.3 Å². The fourth-order valence-electron chi connectivity index (χ4n) is 11.1. The first-order valence-corrected chi connectivity index (χ1v) is 35.8. The van der Waals surface area contributed by atoms with Gasteiger partial charge in [0.1, 0.15) is 13.2 Å². The molecule has 0 aliphatic carbocycles. The first-order valence-electron chi connectivity index (χ1n) is 35.8. The van der Waals surface area contributed by atoms with Gasteiger partial charge >= 0.3 is 17.9 Å². The van der Waals surface area contributed by atoms with Crippen molar-refractivity contribution in [2.75, 3.05) is 13.2 Å². The summed E-state index contributed by atoms with van der Waals surface area (Å²) in [5.41, 5.74) is 0. The van der Waals surface area contributed by atoms with Crippen molar-refractivity contribution in [2.45, 2.75) is 412 Å². The van der Waals surface area contributed by atoms with Crippen LogP contribution in [0.15, 0.2) is 24.3 Å². The Morgan fingerprint density at radius 1 is 0.253 bits per heavy atom. The van der Waals surface area contributed by atoms with E-state index in [1.165, 1.54) is 302 Å². The van der Waals surface area contributed by atoms with Gasteiger partial charge in [0.15, 0.2) is 6.10 Å². The van der Waals surface area contributed by atoms with E-state index in [4.69, 9.17) is 14.2 Å². The number of esters is 3. The van der Waals surface area contributed by atoms with Crippen LogP contribution in [0.5, 0.6) is 0 Å². The molecule has 0 bridgehead atoms. The predicted molar refractivity (Wildman–Crippen MR) is 344 cm³/mol. The van der Waals surface area contributed by atoms with Crippen LogP contribution in [0.3, 0.4) is 0 Å². The van der Waals surface area contributed by atoms with Crippen LogP contribution in [0.25, 0.3) is 0 Å². The maximum absolute atomic E-state index is 12.9. The molecule has 0 aromatic rings. The van der Waals surface area contributed by atoms with Gasteiger partial charge in [0.2, 0.25) is 0 Å². The highest BCUT2D eigenvalue weighted by molar-refractivity contribution is 5.71. The lowest BCUT2D eigenvalue weighted by molar-refractivity contribution is -0.167. The van der Waals surface area contributed by atoms with Gasteiger partial charge in [-0.15, -0.1) is 0 Å². The Bertz CT molecular complexity index is 1270. The molecule has 0 saturated heterocycles. The summed E-state index contributed by atoms with van der Waals surface area (Å²) in [5.74, 6) is -0.839. The molecule has 6 nitrogen and oxygen atoms in total. The smallest absolute Gasteiger partial charge is 0.306 e. The second kappa shape index (κ2) is 68.4. The van der Waals surface area contributed by atoms with Crippen LogP contribution < -0.4 is 0 Å². The molecule has 0 heterocycles. The molecule has 0 aliphatic rings. The molecule has 0 N–H and O–H groups in total. The lowest BCUT2D eigenvalue weighted by atomic mass is 10.0. The standard InChI is InChI=1S/C73H138O6/c1-4-7-10-13-16-19-22-25-27-29-31-33-34-35-36-37-38-39-41-42-44-46-48-51-54-57-60-63-66-72(75)78-69-70(68-77-71(74)65-62-59-56-53-50-24-21-18-15-12-9-6-3)79-73(76)67-64-61-58-55-52-49-47-45-43-40-32-30-28-26-23-20-17-14-11-8-5-2/h23,26,30,32,70H,4-22,24-25,27-29,31,33-69H2,1-3H3/b26-23-,32-30-. The largest absolute Gasteiger partial charge is 0.462 e. The highest BCUT2D eigenvalue weighted by Crippen LogP contribution is 2.19. The number of unbranched alkanes of at least 4 members (excludes halogenated alkanes) is 52. The van der Waals surface area contributed by atoms with Crippen molar-refractivity contribution in [3.8, 4) is 0 Å². The first-order chi connectivity index (χ1) is 39.0. The summed E-state index contributed by atoms with van der Waals surface area (Å²) in [4.78, 5) is 38.4. The Kier molecular flexibility index (Phi) is 66.6. The van der Waals surface area contributed by atoms with Crippen molar-refractivity contribution >= 4 is 17.9 Å². The minimum atomic E-state index is -0.770. The van der Waals surface area contributed by atoms with Crippen LogP contribution in [0.2, 0.25) is 0 Å². The van der Waals surface area contributed by atoms with Crippen LogP contribution >= 0.6 is 0 Å². The Hall–Kier alpha value is -2.11. The summed E-state index contributed by atoms with van der Waals surface area (Å²) in [6.07, 6.45) is 83.6. The third-order valence-corrected chi connectivity index (χ3v) is 16.5. The van der Waals surface area contributed by atoms with Gasteiger partial charge in [-0.25, -0.2) is 0 Å². The zero-order chi connectivity index (χ0) is 57.1. The quantitative estimate of drug-likeness (QED) is 0.0261. The number of carbonyl (C=O) groups excluding carboxylic acids is 3. The second-order valence-corrected chi connectivity index (χ2v) is 24.5. The molecule has 0 fully saturated rings. The molecule has 79 heavy (non-hydrogen) atoms. The lowest BCUT2D eigenvalue weighted by Crippen LogP contribution is -2.30. The average Bonchev–Trinajstić information content (AvgIpc) is 3.45. The number of hydrogen-bond acceptors (Lipinski definition) is 6. The minimum absolute atomic E-state index is 0.0665. The van der Waals surface area contributed by atoms with Gasteiger partial charge in [0.05, 0.1) is 0 Å². The molecule has 0 aliphatic heterocycles. The average molecular weight is 1110 g/mol.